The quantitative estimate of drug-likeness (QED) is 0.573. The van der Waals surface area contributed by atoms with Gasteiger partial charge < -0.3 is 14.9 Å². The van der Waals surface area contributed by atoms with Gasteiger partial charge in [-0.15, -0.1) is 0 Å². The van der Waals surface area contributed by atoms with Crippen molar-refractivity contribution in [3.05, 3.63) is 65.5 Å². The van der Waals surface area contributed by atoms with Crippen LogP contribution in [0.15, 0.2) is 48.5 Å². The van der Waals surface area contributed by atoms with Crippen molar-refractivity contribution in [2.75, 3.05) is 0 Å². The molecule has 9 heteroatoms. The Hall–Kier alpha value is -2.68. The van der Waals surface area contributed by atoms with Crippen LogP contribution in [-0.2, 0) is 11.2 Å². The van der Waals surface area contributed by atoms with E-state index in [1.54, 1.807) is 0 Å². The molecule has 0 fully saturated rings. The number of ether oxygens (including phenoxy) is 1. The molecule has 0 aliphatic rings. The number of halogens is 5. The second-order valence-electron chi connectivity index (χ2n) is 6.56. The van der Waals surface area contributed by atoms with Crippen LogP contribution in [0.4, 0.5) is 22.0 Å². The topological polar surface area (TPSA) is 66.8 Å². The Balaban J connectivity index is 2.38. The minimum Gasteiger partial charge on any atom is -0.481 e. The van der Waals surface area contributed by atoms with Crippen LogP contribution in [0.5, 0.6) is 5.75 Å². The summed E-state index contributed by atoms with van der Waals surface area (Å²) in [4.78, 5) is 12.1. The molecule has 0 saturated heterocycles. The van der Waals surface area contributed by atoms with E-state index in [1.807, 2.05) is 0 Å². The van der Waals surface area contributed by atoms with E-state index in [2.05, 4.69) is 4.74 Å². The summed E-state index contributed by atoms with van der Waals surface area (Å²) >= 11 is 0. The number of carboxylic acid groups (broad SMARTS) is 1. The first-order valence-corrected chi connectivity index (χ1v) is 8.62. The molecule has 0 aromatic heterocycles. The molecule has 2 aromatic rings. The van der Waals surface area contributed by atoms with Gasteiger partial charge in [-0.2, -0.15) is 17.6 Å². The van der Waals surface area contributed by atoms with Crippen LogP contribution in [0.1, 0.15) is 30.6 Å². The third kappa shape index (κ3) is 5.03. The highest BCUT2D eigenvalue weighted by molar-refractivity contribution is 5.76. The van der Waals surface area contributed by atoms with Crippen molar-refractivity contribution in [3.63, 3.8) is 0 Å². The van der Waals surface area contributed by atoms with Crippen LogP contribution in [0.3, 0.4) is 0 Å². The molecule has 0 spiro atoms. The highest BCUT2D eigenvalue weighted by Gasteiger charge is 2.46. The van der Waals surface area contributed by atoms with E-state index in [9.17, 15) is 37.0 Å². The van der Waals surface area contributed by atoms with Gasteiger partial charge >= 0.3 is 18.5 Å². The summed E-state index contributed by atoms with van der Waals surface area (Å²) < 4.78 is 68.5. The van der Waals surface area contributed by atoms with Crippen LogP contribution >= 0.6 is 0 Å². The fourth-order valence-corrected chi connectivity index (χ4v) is 3.04. The van der Waals surface area contributed by atoms with E-state index in [1.165, 1.54) is 31.2 Å². The van der Waals surface area contributed by atoms with Gasteiger partial charge in [-0.1, -0.05) is 31.2 Å². The predicted molar refractivity (Wildman–Crippen MR) is 93.4 cm³/mol. The molecular weight excluding hydrogens is 399 g/mol. The van der Waals surface area contributed by atoms with Crippen LogP contribution in [0.2, 0.25) is 0 Å². The van der Waals surface area contributed by atoms with Gasteiger partial charge in [0.15, 0.2) is 0 Å². The second kappa shape index (κ2) is 8.77. The van der Waals surface area contributed by atoms with Gasteiger partial charge in [0.25, 0.3) is 0 Å². The first kappa shape index (κ1) is 22.6. The van der Waals surface area contributed by atoms with E-state index < -0.39 is 41.6 Å². The number of rotatable bonds is 9. The van der Waals surface area contributed by atoms with E-state index >= 15 is 0 Å². The Morgan fingerprint density at radius 3 is 2.34 bits per heavy atom. The van der Waals surface area contributed by atoms with Gasteiger partial charge in [-0.25, -0.2) is 4.39 Å². The third-order valence-electron chi connectivity index (χ3n) is 4.67. The molecule has 0 heterocycles. The number of aliphatic hydroxyl groups excluding tert-OH is 1. The van der Waals surface area contributed by atoms with Crippen molar-refractivity contribution in [1.29, 1.82) is 0 Å². The highest BCUT2D eigenvalue weighted by atomic mass is 19.3. The molecule has 29 heavy (non-hydrogen) atoms. The number of carboxylic acids is 1. The zero-order chi connectivity index (χ0) is 21.8. The average Bonchev–Trinajstić information content (AvgIpc) is 2.65. The van der Waals surface area contributed by atoms with Crippen molar-refractivity contribution in [2.24, 2.45) is 5.41 Å². The number of alkyl halides is 4. The minimum absolute atomic E-state index is 0.0332. The SMILES string of the molecule is CCC(Cc1cccc(OC(F)(F)C(F)F)c1)(C(=O)O)C(O)c1cccc(F)c1. The second-order valence-corrected chi connectivity index (χ2v) is 6.56. The van der Waals surface area contributed by atoms with E-state index in [4.69, 9.17) is 0 Å². The summed E-state index contributed by atoms with van der Waals surface area (Å²) in [5, 5.41) is 20.5. The molecule has 2 unspecified atom stereocenters. The minimum atomic E-state index is -4.71. The van der Waals surface area contributed by atoms with Crippen molar-refractivity contribution >= 4 is 5.97 Å². The van der Waals surface area contributed by atoms with Crippen molar-refractivity contribution in [1.82, 2.24) is 0 Å². The molecule has 2 atom stereocenters. The normalized spacial score (nSPS) is 15.0. The number of hydrogen-bond acceptors (Lipinski definition) is 3. The fourth-order valence-electron chi connectivity index (χ4n) is 3.04. The maximum Gasteiger partial charge on any atom is 0.461 e. The van der Waals surface area contributed by atoms with Gasteiger partial charge in [0.1, 0.15) is 17.0 Å². The summed E-state index contributed by atoms with van der Waals surface area (Å²) in [6.07, 6.45) is -10.8. The van der Waals surface area contributed by atoms with Gasteiger partial charge in [-0.05, 0) is 48.2 Å². The third-order valence-corrected chi connectivity index (χ3v) is 4.67. The molecule has 0 saturated carbocycles. The lowest BCUT2D eigenvalue weighted by atomic mass is 9.72. The van der Waals surface area contributed by atoms with Crippen molar-refractivity contribution in [3.8, 4) is 5.75 Å². The average molecular weight is 418 g/mol. The van der Waals surface area contributed by atoms with Gasteiger partial charge in [0.05, 0.1) is 6.10 Å². The first-order chi connectivity index (χ1) is 13.5. The monoisotopic (exact) mass is 418 g/mol. The molecular formula is C20H19F5O4. The Labute approximate surface area is 163 Å². The molecule has 0 bridgehead atoms. The largest absolute Gasteiger partial charge is 0.481 e. The highest BCUT2D eigenvalue weighted by Crippen LogP contribution is 2.41. The maximum absolute atomic E-state index is 13.5. The molecule has 2 N–H and O–H groups in total. The molecule has 0 aliphatic heterocycles. The Kier molecular flexibility index (Phi) is 6.84. The lowest BCUT2D eigenvalue weighted by Gasteiger charge is -2.34. The summed E-state index contributed by atoms with van der Waals surface area (Å²) in [6, 6.07) is 9.47. The molecule has 4 nitrogen and oxygen atoms in total. The smallest absolute Gasteiger partial charge is 0.461 e. The zero-order valence-electron chi connectivity index (χ0n) is 15.3. The Morgan fingerprint density at radius 2 is 1.79 bits per heavy atom. The van der Waals surface area contributed by atoms with Crippen LogP contribution in [-0.4, -0.2) is 28.7 Å². The standard InChI is InChI=1S/C20H19F5O4/c1-2-19(18(27)28,16(26)13-6-4-7-14(21)10-13)11-12-5-3-8-15(9-12)29-20(24,25)17(22)23/h3-10,16-17,26H,2,11H2,1H3,(H,27,28). The molecule has 2 rings (SSSR count). The van der Waals surface area contributed by atoms with Crippen LogP contribution in [0, 0.1) is 11.2 Å². The summed E-state index contributed by atoms with van der Waals surface area (Å²) in [7, 11) is 0. The molecule has 2 aromatic carbocycles. The summed E-state index contributed by atoms with van der Waals surface area (Å²) in [6.45, 7) is 1.50. The van der Waals surface area contributed by atoms with E-state index in [0.29, 0.717) is 0 Å². The lowest BCUT2D eigenvalue weighted by molar-refractivity contribution is -0.253. The van der Waals surface area contributed by atoms with Gasteiger partial charge in [0.2, 0.25) is 0 Å². The van der Waals surface area contributed by atoms with E-state index in [0.717, 1.165) is 24.3 Å². The van der Waals surface area contributed by atoms with Gasteiger partial charge in [-0.3, -0.25) is 4.79 Å². The number of aliphatic carboxylic acids is 1. The van der Waals surface area contributed by atoms with Gasteiger partial charge in [0, 0.05) is 0 Å². The zero-order valence-corrected chi connectivity index (χ0v) is 15.3. The maximum atomic E-state index is 13.5. The van der Waals surface area contributed by atoms with Crippen molar-refractivity contribution in [2.45, 2.75) is 38.4 Å². The number of aliphatic hydroxyl groups is 1. The Morgan fingerprint density at radius 1 is 1.14 bits per heavy atom. The lowest BCUT2D eigenvalue weighted by Crippen LogP contribution is -2.39. The molecule has 0 amide bonds. The van der Waals surface area contributed by atoms with E-state index in [-0.39, 0.29) is 24.0 Å². The first-order valence-electron chi connectivity index (χ1n) is 8.62. The predicted octanol–water partition coefficient (Wildman–Crippen LogP) is 4.82. The summed E-state index contributed by atoms with van der Waals surface area (Å²) in [5.74, 6) is -2.63. The number of benzene rings is 2. The molecule has 0 aliphatic carbocycles. The molecule has 158 valence electrons. The number of hydrogen-bond donors (Lipinski definition) is 2. The fraction of sp³-hybridized carbons (Fsp3) is 0.350. The summed E-state index contributed by atoms with van der Waals surface area (Å²) in [5.41, 5.74) is -1.63. The van der Waals surface area contributed by atoms with Crippen LogP contribution in [0.25, 0.3) is 0 Å². The molecule has 0 radical (unpaired) electrons. The number of carbonyl (C=O) groups is 1. The Bertz CT molecular complexity index is 858. The van der Waals surface area contributed by atoms with Crippen LogP contribution < -0.4 is 4.74 Å². The van der Waals surface area contributed by atoms with Crippen molar-refractivity contribution < 1.29 is 41.7 Å².